The first-order valence-electron chi connectivity index (χ1n) is 15.2. The van der Waals surface area contributed by atoms with Crippen molar-refractivity contribution in [1.29, 1.82) is 0 Å². The number of allylic oxidation sites excluding steroid dienone is 8. The summed E-state index contributed by atoms with van der Waals surface area (Å²) in [6, 6.07) is 0. The second-order valence-electron chi connectivity index (χ2n) is 9.83. The van der Waals surface area contributed by atoms with E-state index in [0.29, 0.717) is 12.8 Å². The van der Waals surface area contributed by atoms with E-state index in [0.717, 1.165) is 44.9 Å². The van der Waals surface area contributed by atoms with Gasteiger partial charge in [-0.3, -0.25) is 9.59 Å². The van der Waals surface area contributed by atoms with E-state index in [2.05, 4.69) is 62.5 Å². The van der Waals surface area contributed by atoms with E-state index in [1.807, 2.05) is 0 Å². The summed E-state index contributed by atoms with van der Waals surface area (Å²) in [4.78, 5) is 23.9. The van der Waals surface area contributed by atoms with Gasteiger partial charge >= 0.3 is 11.9 Å². The van der Waals surface area contributed by atoms with Crippen molar-refractivity contribution < 1.29 is 24.2 Å². The van der Waals surface area contributed by atoms with E-state index in [1.165, 1.54) is 51.4 Å². The van der Waals surface area contributed by atoms with E-state index in [1.54, 1.807) is 0 Å². The standard InChI is InChI=1S/C33H56O5/c1-3-5-7-9-11-12-13-14-15-16-17-18-19-20-22-24-26-28-33(36)38-31(29-34)30-37-32(35)27-25-23-21-10-8-6-4-2/h11-12,14-15,17-18,20,22,31,34H,3-10,13,16,19,21,23-30H2,1-2H3/b12-11+,15-14+,18-17+,22-20+/t31-/m0/s1. The van der Waals surface area contributed by atoms with Gasteiger partial charge in [0, 0.05) is 12.8 Å². The SMILES string of the molecule is CCCCC/C=C/C/C=C/C/C=C/C/C=C/CCCC(=O)O[C@@H](CO)COC(=O)CCCCCCCCC. The minimum absolute atomic E-state index is 0.0885. The normalized spacial score (nSPS) is 12.8. The predicted molar refractivity (Wildman–Crippen MR) is 159 cm³/mol. The van der Waals surface area contributed by atoms with Crippen molar-refractivity contribution in [3.63, 3.8) is 0 Å². The lowest BCUT2D eigenvalue weighted by atomic mass is 10.1. The summed E-state index contributed by atoms with van der Waals surface area (Å²) in [7, 11) is 0. The number of aliphatic hydroxyl groups excluding tert-OH is 1. The third-order valence-corrected chi connectivity index (χ3v) is 6.13. The van der Waals surface area contributed by atoms with Gasteiger partial charge in [0.05, 0.1) is 6.61 Å². The maximum absolute atomic E-state index is 12.0. The highest BCUT2D eigenvalue weighted by molar-refractivity contribution is 5.70. The molecule has 0 aliphatic carbocycles. The van der Waals surface area contributed by atoms with Crippen molar-refractivity contribution in [2.45, 2.75) is 136 Å². The Bertz CT molecular complexity index is 662. The van der Waals surface area contributed by atoms with Crippen LogP contribution in [0.15, 0.2) is 48.6 Å². The van der Waals surface area contributed by atoms with Crippen molar-refractivity contribution in [2.75, 3.05) is 13.2 Å². The number of unbranched alkanes of at least 4 members (excludes halogenated alkanes) is 10. The van der Waals surface area contributed by atoms with Gasteiger partial charge in [0.25, 0.3) is 0 Å². The fourth-order valence-corrected chi connectivity index (χ4v) is 3.78. The number of carbonyl (C=O) groups excluding carboxylic acids is 2. The highest BCUT2D eigenvalue weighted by Crippen LogP contribution is 2.09. The minimum Gasteiger partial charge on any atom is -0.462 e. The molecular formula is C33H56O5. The van der Waals surface area contributed by atoms with Gasteiger partial charge in [0.15, 0.2) is 6.10 Å². The molecule has 1 atom stereocenters. The molecule has 0 fully saturated rings. The summed E-state index contributed by atoms with van der Waals surface area (Å²) < 4.78 is 10.4. The third-order valence-electron chi connectivity index (χ3n) is 6.13. The van der Waals surface area contributed by atoms with Crippen LogP contribution in [0.3, 0.4) is 0 Å². The van der Waals surface area contributed by atoms with E-state index < -0.39 is 6.10 Å². The molecule has 0 aromatic rings. The van der Waals surface area contributed by atoms with Crippen LogP contribution in [0.4, 0.5) is 0 Å². The van der Waals surface area contributed by atoms with Crippen LogP contribution in [0, 0.1) is 0 Å². The second-order valence-corrected chi connectivity index (χ2v) is 9.83. The molecule has 0 aliphatic heterocycles. The molecule has 0 saturated heterocycles. The molecule has 5 nitrogen and oxygen atoms in total. The number of aliphatic hydroxyl groups is 1. The summed E-state index contributed by atoms with van der Waals surface area (Å²) in [6.45, 7) is 3.98. The van der Waals surface area contributed by atoms with Gasteiger partial charge < -0.3 is 14.6 Å². The number of carbonyl (C=O) groups is 2. The van der Waals surface area contributed by atoms with Crippen LogP contribution in [0.5, 0.6) is 0 Å². The maximum Gasteiger partial charge on any atom is 0.306 e. The zero-order chi connectivity index (χ0) is 27.9. The Labute approximate surface area is 233 Å². The lowest BCUT2D eigenvalue weighted by Gasteiger charge is -2.15. The smallest absolute Gasteiger partial charge is 0.306 e. The topological polar surface area (TPSA) is 72.8 Å². The number of rotatable bonds is 26. The average Bonchev–Trinajstić information content (AvgIpc) is 2.92. The fraction of sp³-hybridized carbons (Fsp3) is 0.697. The van der Waals surface area contributed by atoms with Crippen LogP contribution >= 0.6 is 0 Å². The van der Waals surface area contributed by atoms with Gasteiger partial charge in [-0.2, -0.15) is 0 Å². The molecule has 0 radical (unpaired) electrons. The molecule has 5 heteroatoms. The largest absolute Gasteiger partial charge is 0.462 e. The molecule has 38 heavy (non-hydrogen) atoms. The zero-order valence-corrected chi connectivity index (χ0v) is 24.4. The molecule has 0 heterocycles. The van der Waals surface area contributed by atoms with Gasteiger partial charge in [0.2, 0.25) is 0 Å². The highest BCUT2D eigenvalue weighted by atomic mass is 16.6. The first-order valence-corrected chi connectivity index (χ1v) is 15.2. The van der Waals surface area contributed by atoms with Gasteiger partial charge in [-0.15, -0.1) is 0 Å². The third kappa shape index (κ3) is 26.9. The number of hydrogen-bond acceptors (Lipinski definition) is 5. The van der Waals surface area contributed by atoms with Crippen molar-refractivity contribution in [3.05, 3.63) is 48.6 Å². The average molecular weight is 533 g/mol. The highest BCUT2D eigenvalue weighted by Gasteiger charge is 2.15. The Morgan fingerprint density at radius 3 is 1.66 bits per heavy atom. The van der Waals surface area contributed by atoms with Crippen molar-refractivity contribution in [2.24, 2.45) is 0 Å². The second kappa shape index (κ2) is 29.4. The van der Waals surface area contributed by atoms with Gasteiger partial charge in [0.1, 0.15) is 6.61 Å². The number of esters is 2. The fourth-order valence-electron chi connectivity index (χ4n) is 3.78. The first-order chi connectivity index (χ1) is 18.6. The molecule has 0 aromatic heterocycles. The Kier molecular flexibility index (Phi) is 27.8. The Balaban J connectivity index is 3.75. The molecule has 0 unspecified atom stereocenters. The summed E-state index contributed by atoms with van der Waals surface area (Å²) in [6.07, 6.45) is 34.6. The van der Waals surface area contributed by atoms with Crippen LogP contribution in [0.2, 0.25) is 0 Å². The Hall–Kier alpha value is -2.14. The summed E-state index contributed by atoms with van der Waals surface area (Å²) in [5.74, 6) is -0.670. The molecule has 0 spiro atoms. The molecule has 0 saturated carbocycles. The van der Waals surface area contributed by atoms with Crippen molar-refractivity contribution in [3.8, 4) is 0 Å². The minimum atomic E-state index is -0.794. The quantitative estimate of drug-likeness (QED) is 0.0685. The molecule has 218 valence electrons. The van der Waals surface area contributed by atoms with E-state index in [4.69, 9.17) is 9.47 Å². The van der Waals surface area contributed by atoms with Gasteiger partial charge in [-0.05, 0) is 51.4 Å². The van der Waals surface area contributed by atoms with Crippen LogP contribution < -0.4 is 0 Å². The van der Waals surface area contributed by atoms with Crippen molar-refractivity contribution >= 4 is 11.9 Å². The summed E-state index contributed by atoms with van der Waals surface area (Å²) >= 11 is 0. The molecule has 0 bridgehead atoms. The molecule has 0 aromatic carbocycles. The maximum atomic E-state index is 12.0. The lowest BCUT2D eigenvalue weighted by molar-refractivity contribution is -0.161. The molecule has 0 aliphatic rings. The monoisotopic (exact) mass is 532 g/mol. The summed E-state index contributed by atoms with van der Waals surface area (Å²) in [5.41, 5.74) is 0. The van der Waals surface area contributed by atoms with Crippen LogP contribution in [0.25, 0.3) is 0 Å². The molecule has 1 N–H and O–H groups in total. The van der Waals surface area contributed by atoms with Gasteiger partial charge in [-0.1, -0.05) is 114 Å². The summed E-state index contributed by atoms with van der Waals surface area (Å²) in [5, 5.41) is 9.43. The van der Waals surface area contributed by atoms with Crippen LogP contribution in [-0.2, 0) is 19.1 Å². The predicted octanol–water partition coefficient (Wildman–Crippen LogP) is 8.72. The first kappa shape index (κ1) is 35.9. The van der Waals surface area contributed by atoms with Crippen molar-refractivity contribution in [1.82, 2.24) is 0 Å². The molecule has 0 amide bonds. The van der Waals surface area contributed by atoms with Gasteiger partial charge in [-0.25, -0.2) is 0 Å². The van der Waals surface area contributed by atoms with E-state index in [9.17, 15) is 14.7 Å². The van der Waals surface area contributed by atoms with Crippen LogP contribution in [0.1, 0.15) is 129 Å². The lowest BCUT2D eigenvalue weighted by Crippen LogP contribution is -2.28. The number of ether oxygens (including phenoxy) is 2. The van der Waals surface area contributed by atoms with E-state index >= 15 is 0 Å². The zero-order valence-electron chi connectivity index (χ0n) is 24.4. The van der Waals surface area contributed by atoms with E-state index in [-0.39, 0.29) is 31.6 Å². The molecule has 0 rings (SSSR count). The Morgan fingerprint density at radius 2 is 1.08 bits per heavy atom. The van der Waals surface area contributed by atoms with Crippen LogP contribution in [-0.4, -0.2) is 36.4 Å². The molecular weight excluding hydrogens is 476 g/mol. The Morgan fingerprint density at radius 1 is 0.605 bits per heavy atom. The number of hydrogen-bond donors (Lipinski definition) is 1.